The van der Waals surface area contributed by atoms with Crippen LogP contribution in [0.15, 0.2) is 48.5 Å². The van der Waals surface area contributed by atoms with Crippen LogP contribution in [0.3, 0.4) is 0 Å². The zero-order valence-corrected chi connectivity index (χ0v) is 14.3. The highest BCUT2D eigenvalue weighted by atomic mass is 19.1. The number of nitrogens with one attached hydrogen (secondary N) is 1. The molecule has 5 heteroatoms. The van der Waals surface area contributed by atoms with Gasteiger partial charge in [-0.25, -0.2) is 4.39 Å². The second-order valence-electron chi connectivity index (χ2n) is 5.67. The molecule has 1 atom stereocenters. The fourth-order valence-corrected chi connectivity index (χ4v) is 2.53. The number of carbonyl (C=O) groups excluding carboxylic acids is 1. The zero-order valence-electron chi connectivity index (χ0n) is 14.3. The van der Waals surface area contributed by atoms with Crippen LogP contribution in [-0.2, 0) is 0 Å². The lowest BCUT2D eigenvalue weighted by molar-refractivity contribution is 0.0938. The quantitative estimate of drug-likeness (QED) is 0.847. The Morgan fingerprint density at radius 3 is 2.62 bits per heavy atom. The van der Waals surface area contributed by atoms with E-state index in [0.29, 0.717) is 24.5 Å². The van der Waals surface area contributed by atoms with E-state index < -0.39 is 0 Å². The van der Waals surface area contributed by atoms with Crippen molar-refractivity contribution in [1.82, 2.24) is 10.2 Å². The molecular formula is C19H23FN2O2. The van der Waals surface area contributed by atoms with Crippen LogP contribution < -0.4 is 10.1 Å². The van der Waals surface area contributed by atoms with Gasteiger partial charge in [-0.2, -0.15) is 0 Å². The summed E-state index contributed by atoms with van der Waals surface area (Å²) in [5, 5.41) is 2.91. The average molecular weight is 330 g/mol. The first-order valence-corrected chi connectivity index (χ1v) is 7.94. The Bertz CT molecular complexity index is 689. The molecule has 0 aliphatic rings. The molecule has 0 spiro atoms. The summed E-state index contributed by atoms with van der Waals surface area (Å²) in [6.07, 6.45) is 0. The summed E-state index contributed by atoms with van der Waals surface area (Å²) >= 11 is 0. The summed E-state index contributed by atoms with van der Waals surface area (Å²) in [5.41, 5.74) is 1.31. The molecule has 0 bridgehead atoms. The number of rotatable bonds is 7. The summed E-state index contributed by atoms with van der Waals surface area (Å²) < 4.78 is 19.0. The van der Waals surface area contributed by atoms with E-state index in [1.54, 1.807) is 24.3 Å². The summed E-state index contributed by atoms with van der Waals surface area (Å²) in [4.78, 5) is 14.4. The molecule has 24 heavy (non-hydrogen) atoms. The number of amides is 1. The van der Waals surface area contributed by atoms with Gasteiger partial charge < -0.3 is 15.0 Å². The van der Waals surface area contributed by atoms with Crippen LogP contribution >= 0.6 is 0 Å². The first kappa shape index (κ1) is 17.9. The first-order valence-electron chi connectivity index (χ1n) is 7.94. The van der Waals surface area contributed by atoms with Gasteiger partial charge in [0, 0.05) is 6.54 Å². The summed E-state index contributed by atoms with van der Waals surface area (Å²) in [6.45, 7) is 2.74. The highest BCUT2D eigenvalue weighted by molar-refractivity contribution is 5.96. The molecule has 128 valence electrons. The predicted molar refractivity (Wildman–Crippen MR) is 92.8 cm³/mol. The Kier molecular flexibility index (Phi) is 6.32. The van der Waals surface area contributed by atoms with Gasteiger partial charge in [0.2, 0.25) is 0 Å². The number of ether oxygens (including phenoxy) is 1. The lowest BCUT2D eigenvalue weighted by Crippen LogP contribution is -2.34. The van der Waals surface area contributed by atoms with Crippen molar-refractivity contribution in [3.63, 3.8) is 0 Å². The molecule has 0 unspecified atom stereocenters. The molecule has 2 aromatic carbocycles. The van der Waals surface area contributed by atoms with E-state index in [9.17, 15) is 9.18 Å². The minimum Gasteiger partial charge on any atom is -0.493 e. The van der Waals surface area contributed by atoms with Gasteiger partial charge >= 0.3 is 0 Å². The summed E-state index contributed by atoms with van der Waals surface area (Å²) in [6, 6.07) is 13.4. The van der Waals surface area contributed by atoms with E-state index in [2.05, 4.69) is 5.32 Å². The maximum Gasteiger partial charge on any atom is 0.255 e. The largest absolute Gasteiger partial charge is 0.493 e. The number of hydrogen-bond acceptors (Lipinski definition) is 3. The average Bonchev–Trinajstić information content (AvgIpc) is 2.55. The Balaban J connectivity index is 2.11. The van der Waals surface area contributed by atoms with E-state index in [1.807, 2.05) is 38.1 Å². The molecule has 2 rings (SSSR count). The number of benzene rings is 2. The highest BCUT2D eigenvalue weighted by Gasteiger charge is 2.18. The second kappa shape index (κ2) is 8.45. The molecule has 0 radical (unpaired) electrons. The number of nitrogens with zero attached hydrogens (tertiary/aromatic N) is 1. The molecule has 2 aromatic rings. The van der Waals surface area contributed by atoms with Gasteiger partial charge in [0.15, 0.2) is 0 Å². The SMILES string of the molecule is CCOc1ccccc1C(=O)NC[C@H](c1cccc(F)c1)N(C)C. The standard InChI is InChI=1S/C19H23FN2O2/c1-4-24-18-11-6-5-10-16(18)19(23)21-13-17(22(2)3)14-8-7-9-15(20)12-14/h5-12,17H,4,13H2,1-3H3,(H,21,23)/t17-/m1/s1. The van der Waals surface area contributed by atoms with Crippen molar-refractivity contribution in [2.75, 3.05) is 27.2 Å². The maximum atomic E-state index is 13.5. The summed E-state index contributed by atoms with van der Waals surface area (Å²) in [7, 11) is 3.80. The molecule has 4 nitrogen and oxygen atoms in total. The highest BCUT2D eigenvalue weighted by Crippen LogP contribution is 2.20. The van der Waals surface area contributed by atoms with Crippen LogP contribution in [0.4, 0.5) is 4.39 Å². The molecular weight excluding hydrogens is 307 g/mol. The Morgan fingerprint density at radius 2 is 1.96 bits per heavy atom. The molecule has 1 amide bonds. The number of para-hydroxylation sites is 1. The fourth-order valence-electron chi connectivity index (χ4n) is 2.53. The lowest BCUT2D eigenvalue weighted by atomic mass is 10.1. The third kappa shape index (κ3) is 4.55. The third-order valence-electron chi connectivity index (χ3n) is 3.74. The number of carbonyl (C=O) groups is 1. The van der Waals surface area contributed by atoms with Crippen LogP contribution in [0.2, 0.25) is 0 Å². The normalized spacial score (nSPS) is 12.0. The molecule has 0 fully saturated rings. The van der Waals surface area contributed by atoms with E-state index in [0.717, 1.165) is 5.56 Å². The maximum absolute atomic E-state index is 13.5. The van der Waals surface area contributed by atoms with Crippen molar-refractivity contribution in [3.8, 4) is 5.75 Å². The fraction of sp³-hybridized carbons (Fsp3) is 0.316. The monoisotopic (exact) mass is 330 g/mol. The molecule has 0 heterocycles. The topological polar surface area (TPSA) is 41.6 Å². The van der Waals surface area contributed by atoms with E-state index in [4.69, 9.17) is 4.74 Å². The number of hydrogen-bond donors (Lipinski definition) is 1. The summed E-state index contributed by atoms with van der Waals surface area (Å²) in [5.74, 6) is 0.0688. The van der Waals surface area contributed by atoms with Crippen LogP contribution in [0.5, 0.6) is 5.75 Å². The first-order chi connectivity index (χ1) is 11.5. The Labute approximate surface area is 142 Å². The van der Waals surface area contributed by atoms with Crippen molar-refractivity contribution >= 4 is 5.91 Å². The minimum atomic E-state index is -0.285. The van der Waals surface area contributed by atoms with Crippen LogP contribution in [-0.4, -0.2) is 38.1 Å². The molecule has 0 aromatic heterocycles. The zero-order chi connectivity index (χ0) is 17.5. The smallest absolute Gasteiger partial charge is 0.255 e. The van der Waals surface area contributed by atoms with Gasteiger partial charge in [-0.15, -0.1) is 0 Å². The number of halogens is 1. The molecule has 1 N–H and O–H groups in total. The lowest BCUT2D eigenvalue weighted by Gasteiger charge is -2.25. The molecule has 0 saturated carbocycles. The van der Waals surface area contributed by atoms with Gasteiger partial charge in [0.1, 0.15) is 11.6 Å². The van der Waals surface area contributed by atoms with Crippen LogP contribution in [0, 0.1) is 5.82 Å². The van der Waals surface area contributed by atoms with E-state index in [1.165, 1.54) is 12.1 Å². The third-order valence-corrected chi connectivity index (χ3v) is 3.74. The van der Waals surface area contributed by atoms with Gasteiger partial charge in [0.05, 0.1) is 18.2 Å². The van der Waals surface area contributed by atoms with Crippen molar-refractivity contribution in [2.45, 2.75) is 13.0 Å². The second-order valence-corrected chi connectivity index (χ2v) is 5.67. The number of likely N-dealkylation sites (N-methyl/N-ethyl adjacent to an activating group) is 1. The Morgan fingerprint density at radius 1 is 1.21 bits per heavy atom. The van der Waals surface area contributed by atoms with Crippen molar-refractivity contribution in [2.24, 2.45) is 0 Å². The minimum absolute atomic E-state index is 0.121. The molecule has 0 aliphatic carbocycles. The molecule has 0 saturated heterocycles. The van der Waals surface area contributed by atoms with Crippen molar-refractivity contribution in [1.29, 1.82) is 0 Å². The van der Waals surface area contributed by atoms with Gasteiger partial charge in [-0.1, -0.05) is 24.3 Å². The van der Waals surface area contributed by atoms with E-state index >= 15 is 0 Å². The van der Waals surface area contributed by atoms with Gasteiger partial charge in [-0.05, 0) is 50.8 Å². The van der Waals surface area contributed by atoms with Gasteiger partial charge in [-0.3, -0.25) is 4.79 Å². The van der Waals surface area contributed by atoms with Crippen molar-refractivity contribution < 1.29 is 13.9 Å². The molecule has 0 aliphatic heterocycles. The van der Waals surface area contributed by atoms with Gasteiger partial charge in [0.25, 0.3) is 5.91 Å². The predicted octanol–water partition coefficient (Wildman–Crippen LogP) is 3.26. The Hall–Kier alpha value is -2.40. The van der Waals surface area contributed by atoms with Crippen LogP contribution in [0.1, 0.15) is 28.9 Å². The van der Waals surface area contributed by atoms with E-state index in [-0.39, 0.29) is 17.8 Å². The van der Waals surface area contributed by atoms with Crippen molar-refractivity contribution in [3.05, 3.63) is 65.5 Å². The van der Waals surface area contributed by atoms with Crippen LogP contribution in [0.25, 0.3) is 0 Å².